The van der Waals surface area contributed by atoms with Gasteiger partial charge < -0.3 is 15.4 Å². The minimum Gasteiger partial charge on any atom is -0.494 e. The van der Waals surface area contributed by atoms with Crippen molar-refractivity contribution in [3.8, 4) is 5.75 Å². The molecule has 1 saturated heterocycles. The van der Waals surface area contributed by atoms with Crippen LogP contribution in [0.1, 0.15) is 18.4 Å². The predicted octanol–water partition coefficient (Wildman–Crippen LogP) is 1.88. The van der Waals surface area contributed by atoms with Gasteiger partial charge in [-0.15, -0.1) is 0 Å². The van der Waals surface area contributed by atoms with Gasteiger partial charge in [-0.05, 0) is 18.1 Å². The van der Waals surface area contributed by atoms with Crippen LogP contribution in [-0.2, 0) is 11.2 Å². The number of benzene rings is 1. The van der Waals surface area contributed by atoms with Crippen LogP contribution in [0.2, 0.25) is 0 Å². The van der Waals surface area contributed by atoms with Crippen LogP contribution in [0.3, 0.4) is 0 Å². The molecule has 1 aliphatic rings. The largest absolute Gasteiger partial charge is 0.494 e. The van der Waals surface area contributed by atoms with Gasteiger partial charge in [0.25, 0.3) is 5.92 Å². The Morgan fingerprint density at radius 1 is 1.50 bits per heavy atom. The van der Waals surface area contributed by atoms with Crippen molar-refractivity contribution in [2.45, 2.75) is 31.2 Å². The molecule has 1 atom stereocenters. The Bertz CT molecular complexity index is 538. The maximum Gasteiger partial charge on any atom is 0.270 e. The van der Waals surface area contributed by atoms with E-state index in [-0.39, 0.29) is 38.1 Å². The number of carbonyl (C=O) groups excluding carboxylic acids is 1. The molecule has 1 amide bonds. The first-order valence-electron chi connectivity index (χ1n) is 7.13. The average Bonchev–Trinajstić information content (AvgIpc) is 2.48. The highest BCUT2D eigenvalue weighted by atomic mass is 19.3. The van der Waals surface area contributed by atoms with Crippen molar-refractivity contribution < 1.29 is 22.7 Å². The first-order chi connectivity index (χ1) is 10.4. The fourth-order valence-electron chi connectivity index (χ4n) is 2.40. The smallest absolute Gasteiger partial charge is 0.270 e. The molecule has 0 aromatic heterocycles. The van der Waals surface area contributed by atoms with Gasteiger partial charge in [-0.25, -0.2) is 13.2 Å². The number of carbonyl (C=O) groups is 1. The highest BCUT2D eigenvalue weighted by Crippen LogP contribution is 2.25. The summed E-state index contributed by atoms with van der Waals surface area (Å²) in [5, 5.41) is 5.14. The van der Waals surface area contributed by atoms with Gasteiger partial charge in [-0.2, -0.15) is 0 Å². The van der Waals surface area contributed by atoms with E-state index in [9.17, 15) is 18.0 Å². The number of hydrogen-bond acceptors (Lipinski definition) is 3. The van der Waals surface area contributed by atoms with Gasteiger partial charge >= 0.3 is 0 Å². The van der Waals surface area contributed by atoms with E-state index in [1.807, 2.05) is 0 Å². The van der Waals surface area contributed by atoms with Gasteiger partial charge in [0.2, 0.25) is 5.91 Å². The number of aryl methyl sites for hydroxylation is 1. The molecule has 22 heavy (non-hydrogen) atoms. The molecule has 0 bridgehead atoms. The van der Waals surface area contributed by atoms with Crippen LogP contribution in [0.15, 0.2) is 18.2 Å². The lowest BCUT2D eigenvalue weighted by molar-refractivity contribution is -0.127. The van der Waals surface area contributed by atoms with Crippen LogP contribution in [-0.4, -0.2) is 38.1 Å². The Balaban J connectivity index is 1.90. The first kappa shape index (κ1) is 16.6. The van der Waals surface area contributed by atoms with Crippen LogP contribution in [0.4, 0.5) is 13.2 Å². The van der Waals surface area contributed by atoms with E-state index >= 15 is 0 Å². The molecule has 0 spiro atoms. The topological polar surface area (TPSA) is 50.4 Å². The lowest BCUT2D eigenvalue weighted by Crippen LogP contribution is -2.57. The second-order valence-electron chi connectivity index (χ2n) is 5.27. The summed E-state index contributed by atoms with van der Waals surface area (Å²) in [5.74, 6) is -3.86. The molecule has 0 saturated carbocycles. The van der Waals surface area contributed by atoms with E-state index in [0.717, 1.165) is 0 Å². The third-order valence-corrected chi connectivity index (χ3v) is 3.71. The summed E-state index contributed by atoms with van der Waals surface area (Å²) in [4.78, 5) is 11.8. The number of hydrogen-bond donors (Lipinski definition) is 2. The van der Waals surface area contributed by atoms with Crippen molar-refractivity contribution >= 4 is 5.91 Å². The van der Waals surface area contributed by atoms with Gasteiger partial charge in [0.1, 0.15) is 6.04 Å². The van der Waals surface area contributed by atoms with Crippen molar-refractivity contribution in [1.82, 2.24) is 10.6 Å². The normalized spacial score (nSPS) is 20.5. The fraction of sp³-hybridized carbons (Fsp3) is 0.533. The zero-order valence-electron chi connectivity index (χ0n) is 12.3. The SMILES string of the molecule is COc1cccc(CCC(=O)NC2CNCCC2(F)F)c1F. The second kappa shape index (κ2) is 7.00. The molecule has 1 fully saturated rings. The molecule has 0 aliphatic carbocycles. The molecule has 0 radical (unpaired) electrons. The summed E-state index contributed by atoms with van der Waals surface area (Å²) in [7, 11) is 1.35. The van der Waals surface area contributed by atoms with Gasteiger partial charge in [0.05, 0.1) is 7.11 Å². The number of methoxy groups -OCH3 is 1. The zero-order chi connectivity index (χ0) is 16.2. The number of amides is 1. The molecule has 7 heteroatoms. The molecule has 1 unspecified atom stereocenters. The molecule has 1 heterocycles. The summed E-state index contributed by atoms with van der Waals surface area (Å²) in [6.07, 6.45) is -0.236. The van der Waals surface area contributed by atoms with E-state index in [0.29, 0.717) is 5.56 Å². The summed E-state index contributed by atoms with van der Waals surface area (Å²) in [5.41, 5.74) is 0.322. The lowest BCUT2D eigenvalue weighted by atomic mass is 10.0. The highest BCUT2D eigenvalue weighted by molar-refractivity contribution is 5.76. The minimum absolute atomic E-state index is 0.0340. The Morgan fingerprint density at radius 2 is 2.27 bits per heavy atom. The Morgan fingerprint density at radius 3 is 2.95 bits per heavy atom. The van der Waals surface area contributed by atoms with Gasteiger partial charge in [-0.3, -0.25) is 4.79 Å². The summed E-state index contributed by atoms with van der Waals surface area (Å²) < 4.78 is 46.0. The van der Waals surface area contributed by atoms with Crippen molar-refractivity contribution in [2.24, 2.45) is 0 Å². The number of rotatable bonds is 5. The molecule has 2 N–H and O–H groups in total. The Labute approximate surface area is 127 Å². The quantitative estimate of drug-likeness (QED) is 0.872. The average molecular weight is 316 g/mol. The number of halogens is 3. The van der Waals surface area contributed by atoms with E-state index in [1.54, 1.807) is 12.1 Å². The van der Waals surface area contributed by atoms with Crippen LogP contribution >= 0.6 is 0 Å². The van der Waals surface area contributed by atoms with E-state index in [1.165, 1.54) is 13.2 Å². The number of nitrogens with one attached hydrogen (secondary N) is 2. The van der Waals surface area contributed by atoms with E-state index in [2.05, 4.69) is 10.6 Å². The summed E-state index contributed by atoms with van der Waals surface area (Å²) >= 11 is 0. The van der Waals surface area contributed by atoms with Crippen LogP contribution in [0, 0.1) is 5.82 Å². The van der Waals surface area contributed by atoms with Crippen molar-refractivity contribution in [1.29, 1.82) is 0 Å². The molecular formula is C15H19F3N2O2. The molecule has 2 rings (SSSR count). The molecule has 1 aromatic rings. The fourth-order valence-corrected chi connectivity index (χ4v) is 2.40. The van der Waals surface area contributed by atoms with Gasteiger partial charge in [0, 0.05) is 25.9 Å². The number of ether oxygens (including phenoxy) is 1. The molecule has 4 nitrogen and oxygen atoms in total. The number of piperidine rings is 1. The Kier molecular flexibility index (Phi) is 5.28. The molecule has 122 valence electrons. The van der Waals surface area contributed by atoms with Crippen LogP contribution < -0.4 is 15.4 Å². The molecule has 1 aromatic carbocycles. The van der Waals surface area contributed by atoms with E-state index in [4.69, 9.17) is 4.74 Å². The van der Waals surface area contributed by atoms with Crippen LogP contribution in [0.5, 0.6) is 5.75 Å². The maximum absolute atomic E-state index is 13.9. The maximum atomic E-state index is 13.9. The Hall–Kier alpha value is -1.76. The van der Waals surface area contributed by atoms with Crippen LogP contribution in [0.25, 0.3) is 0 Å². The van der Waals surface area contributed by atoms with Crippen molar-refractivity contribution in [2.75, 3.05) is 20.2 Å². The minimum atomic E-state index is -2.91. The predicted molar refractivity (Wildman–Crippen MR) is 75.6 cm³/mol. The third kappa shape index (κ3) is 3.91. The third-order valence-electron chi connectivity index (χ3n) is 3.71. The standard InChI is InChI=1S/C15H19F3N2O2/c1-22-11-4-2-3-10(14(11)16)5-6-13(21)20-12-9-19-8-7-15(12,17)18/h2-4,12,19H,5-9H2,1H3,(H,20,21). The summed E-state index contributed by atoms with van der Waals surface area (Å²) in [6, 6.07) is 3.42. The molecular weight excluding hydrogens is 297 g/mol. The second-order valence-corrected chi connectivity index (χ2v) is 5.27. The highest BCUT2D eigenvalue weighted by Gasteiger charge is 2.42. The van der Waals surface area contributed by atoms with Crippen molar-refractivity contribution in [3.63, 3.8) is 0 Å². The molecule has 1 aliphatic heterocycles. The lowest BCUT2D eigenvalue weighted by Gasteiger charge is -2.32. The van der Waals surface area contributed by atoms with E-state index < -0.39 is 23.7 Å². The zero-order valence-corrected chi connectivity index (χ0v) is 12.3. The van der Waals surface area contributed by atoms with Gasteiger partial charge in [-0.1, -0.05) is 12.1 Å². The van der Waals surface area contributed by atoms with Gasteiger partial charge in [0.15, 0.2) is 11.6 Å². The van der Waals surface area contributed by atoms with Crippen molar-refractivity contribution in [3.05, 3.63) is 29.6 Å². The summed E-state index contributed by atoms with van der Waals surface area (Å²) in [6.45, 7) is 0.265. The monoisotopic (exact) mass is 316 g/mol. The number of alkyl halides is 2. The first-order valence-corrected chi connectivity index (χ1v) is 7.13.